The van der Waals surface area contributed by atoms with E-state index >= 15 is 0 Å². The van der Waals surface area contributed by atoms with E-state index < -0.39 is 5.54 Å². The Hall–Kier alpha value is -0.870. The normalized spacial score (nSPS) is 12.3. The molecule has 0 saturated carbocycles. The van der Waals surface area contributed by atoms with Gasteiger partial charge in [0.1, 0.15) is 5.54 Å². The molecule has 0 aliphatic carbocycles. The summed E-state index contributed by atoms with van der Waals surface area (Å²) in [5, 5.41) is 3.28. The molecular formula is C15H22BrNO2. The van der Waals surface area contributed by atoms with E-state index in [0.29, 0.717) is 6.54 Å². The Morgan fingerprint density at radius 3 is 2.37 bits per heavy atom. The van der Waals surface area contributed by atoms with Crippen LogP contribution in [0.25, 0.3) is 0 Å². The number of hydrogen-bond acceptors (Lipinski definition) is 3. The molecule has 0 heterocycles. The van der Waals surface area contributed by atoms with Crippen LogP contribution in [0.5, 0.6) is 0 Å². The van der Waals surface area contributed by atoms with E-state index in [-0.39, 0.29) is 11.4 Å². The molecule has 0 aliphatic rings. The van der Waals surface area contributed by atoms with Crippen LogP contribution in [-0.4, -0.2) is 25.2 Å². The molecule has 1 rings (SSSR count). The summed E-state index contributed by atoms with van der Waals surface area (Å²) in [6, 6.07) is 8.14. The van der Waals surface area contributed by atoms with Gasteiger partial charge in [0, 0.05) is 16.4 Å². The minimum absolute atomic E-state index is 0.0919. The smallest absolute Gasteiger partial charge is 0.325 e. The molecule has 0 aromatic heterocycles. The van der Waals surface area contributed by atoms with Gasteiger partial charge >= 0.3 is 5.97 Å². The molecule has 3 nitrogen and oxygen atoms in total. The van der Waals surface area contributed by atoms with Gasteiger partial charge in [-0.1, -0.05) is 48.0 Å². The highest BCUT2D eigenvalue weighted by molar-refractivity contribution is 9.10. The largest absolute Gasteiger partial charge is 0.468 e. The van der Waals surface area contributed by atoms with Gasteiger partial charge in [-0.25, -0.2) is 0 Å². The van der Waals surface area contributed by atoms with Crippen LogP contribution in [0.2, 0.25) is 0 Å². The fraction of sp³-hybridized carbons (Fsp3) is 0.533. The van der Waals surface area contributed by atoms with E-state index in [4.69, 9.17) is 4.74 Å². The number of rotatable bonds is 5. The molecule has 0 atom stereocenters. The topological polar surface area (TPSA) is 38.3 Å². The highest BCUT2D eigenvalue weighted by Crippen LogP contribution is 2.29. The minimum atomic E-state index is -0.687. The predicted octanol–water partition coefficient (Wildman–Crippen LogP) is 3.27. The molecule has 1 aromatic carbocycles. The van der Waals surface area contributed by atoms with Crippen LogP contribution < -0.4 is 5.32 Å². The Morgan fingerprint density at radius 2 is 1.84 bits per heavy atom. The van der Waals surface area contributed by atoms with Crippen molar-refractivity contribution in [1.82, 2.24) is 5.32 Å². The minimum Gasteiger partial charge on any atom is -0.468 e. The molecule has 0 spiro atoms. The summed E-state index contributed by atoms with van der Waals surface area (Å²) in [5.74, 6) is -0.254. The van der Waals surface area contributed by atoms with E-state index in [1.54, 1.807) is 0 Å². The molecule has 0 unspecified atom stereocenters. The monoisotopic (exact) mass is 327 g/mol. The SMILES string of the molecule is COC(=O)C(C)(C)NCC(C)(C)c1ccccc1Br. The number of esters is 1. The van der Waals surface area contributed by atoms with E-state index in [0.717, 1.165) is 4.47 Å². The lowest BCUT2D eigenvalue weighted by molar-refractivity contribution is -0.147. The predicted molar refractivity (Wildman–Crippen MR) is 81.3 cm³/mol. The second kappa shape index (κ2) is 6.06. The van der Waals surface area contributed by atoms with Crippen LogP contribution in [0.3, 0.4) is 0 Å². The first-order chi connectivity index (χ1) is 8.70. The van der Waals surface area contributed by atoms with Crippen LogP contribution >= 0.6 is 15.9 Å². The van der Waals surface area contributed by atoms with Crippen molar-refractivity contribution in [2.75, 3.05) is 13.7 Å². The second-order valence-corrected chi connectivity index (χ2v) is 6.69. The number of carbonyl (C=O) groups excluding carboxylic acids is 1. The lowest BCUT2D eigenvalue weighted by atomic mass is 9.84. The molecule has 0 radical (unpaired) electrons. The van der Waals surface area contributed by atoms with Crippen molar-refractivity contribution in [2.45, 2.75) is 38.6 Å². The Kier molecular flexibility index (Phi) is 5.16. The Bertz CT molecular complexity index is 455. The van der Waals surface area contributed by atoms with Crippen molar-refractivity contribution >= 4 is 21.9 Å². The van der Waals surface area contributed by atoms with Gasteiger partial charge in [0.2, 0.25) is 0 Å². The Labute approximate surface area is 123 Å². The van der Waals surface area contributed by atoms with Crippen molar-refractivity contribution in [2.24, 2.45) is 0 Å². The summed E-state index contributed by atoms with van der Waals surface area (Å²) in [4.78, 5) is 11.7. The average Bonchev–Trinajstić information content (AvgIpc) is 2.36. The van der Waals surface area contributed by atoms with Crippen LogP contribution in [0, 0.1) is 0 Å². The van der Waals surface area contributed by atoms with Gasteiger partial charge in [-0.2, -0.15) is 0 Å². The van der Waals surface area contributed by atoms with E-state index in [2.05, 4.69) is 41.2 Å². The van der Waals surface area contributed by atoms with Crippen LogP contribution in [0.15, 0.2) is 28.7 Å². The summed E-state index contributed by atoms with van der Waals surface area (Å²) in [7, 11) is 1.41. The average molecular weight is 328 g/mol. The second-order valence-electron chi connectivity index (χ2n) is 5.83. The molecule has 106 valence electrons. The molecule has 0 saturated heterocycles. The Morgan fingerprint density at radius 1 is 1.26 bits per heavy atom. The maximum atomic E-state index is 11.7. The van der Waals surface area contributed by atoms with Gasteiger partial charge in [-0.05, 0) is 25.5 Å². The quantitative estimate of drug-likeness (QED) is 0.843. The number of nitrogens with one attached hydrogen (secondary N) is 1. The van der Waals surface area contributed by atoms with Crippen molar-refractivity contribution in [1.29, 1.82) is 0 Å². The van der Waals surface area contributed by atoms with Gasteiger partial charge in [0.05, 0.1) is 7.11 Å². The van der Waals surface area contributed by atoms with Crippen LogP contribution in [0.1, 0.15) is 33.3 Å². The molecule has 0 amide bonds. The zero-order valence-corrected chi connectivity index (χ0v) is 13.8. The first-order valence-corrected chi connectivity index (χ1v) is 7.08. The van der Waals surface area contributed by atoms with Crippen LogP contribution in [0.4, 0.5) is 0 Å². The number of hydrogen-bond donors (Lipinski definition) is 1. The zero-order chi connectivity index (χ0) is 14.7. The first-order valence-electron chi connectivity index (χ1n) is 6.29. The molecule has 4 heteroatoms. The maximum Gasteiger partial charge on any atom is 0.325 e. The lowest BCUT2D eigenvalue weighted by Crippen LogP contribution is -2.51. The van der Waals surface area contributed by atoms with Gasteiger partial charge in [-0.3, -0.25) is 4.79 Å². The molecular weight excluding hydrogens is 306 g/mol. The van der Waals surface area contributed by atoms with Gasteiger partial charge in [0.25, 0.3) is 0 Å². The van der Waals surface area contributed by atoms with Crippen molar-refractivity contribution in [3.63, 3.8) is 0 Å². The summed E-state index contributed by atoms with van der Waals surface area (Å²) in [6.07, 6.45) is 0. The van der Waals surface area contributed by atoms with Crippen molar-refractivity contribution in [3.05, 3.63) is 34.3 Å². The fourth-order valence-electron chi connectivity index (χ4n) is 1.87. The summed E-state index contributed by atoms with van der Waals surface area (Å²) >= 11 is 3.58. The third kappa shape index (κ3) is 4.05. The third-order valence-corrected chi connectivity index (χ3v) is 3.96. The maximum absolute atomic E-state index is 11.7. The zero-order valence-electron chi connectivity index (χ0n) is 12.2. The molecule has 0 aliphatic heterocycles. The van der Waals surface area contributed by atoms with Gasteiger partial charge in [-0.15, -0.1) is 0 Å². The molecule has 19 heavy (non-hydrogen) atoms. The standard InChI is InChI=1S/C15H22BrNO2/c1-14(2,11-8-6-7-9-12(11)16)10-17-15(3,4)13(18)19-5/h6-9,17H,10H2,1-5H3. The van der Waals surface area contributed by atoms with Crippen molar-refractivity contribution < 1.29 is 9.53 Å². The number of ether oxygens (including phenoxy) is 1. The highest BCUT2D eigenvalue weighted by Gasteiger charge is 2.31. The molecule has 0 bridgehead atoms. The van der Waals surface area contributed by atoms with E-state index in [1.807, 2.05) is 32.0 Å². The summed E-state index contributed by atoms with van der Waals surface area (Å²) in [5.41, 5.74) is 0.432. The molecule has 1 N–H and O–H groups in total. The molecule has 0 fully saturated rings. The van der Waals surface area contributed by atoms with Crippen LogP contribution in [-0.2, 0) is 14.9 Å². The number of carbonyl (C=O) groups is 1. The van der Waals surface area contributed by atoms with Gasteiger partial charge < -0.3 is 10.1 Å². The van der Waals surface area contributed by atoms with Gasteiger partial charge in [0.15, 0.2) is 0 Å². The number of halogens is 1. The summed E-state index contributed by atoms with van der Waals surface area (Å²) < 4.78 is 5.88. The Balaban J connectivity index is 2.82. The van der Waals surface area contributed by atoms with E-state index in [9.17, 15) is 4.79 Å². The number of benzene rings is 1. The highest BCUT2D eigenvalue weighted by atomic mass is 79.9. The van der Waals surface area contributed by atoms with E-state index in [1.165, 1.54) is 12.7 Å². The van der Waals surface area contributed by atoms with Crippen molar-refractivity contribution in [3.8, 4) is 0 Å². The fourth-order valence-corrected chi connectivity index (χ4v) is 2.70. The number of methoxy groups -OCH3 is 1. The third-order valence-electron chi connectivity index (χ3n) is 3.27. The first kappa shape index (κ1) is 16.2. The molecule has 1 aromatic rings. The summed E-state index contributed by atoms with van der Waals surface area (Å²) in [6.45, 7) is 8.63. The lowest BCUT2D eigenvalue weighted by Gasteiger charge is -2.32.